The maximum atomic E-state index is 12.5. The van der Waals surface area contributed by atoms with E-state index in [1.807, 2.05) is 0 Å². The van der Waals surface area contributed by atoms with E-state index in [0.717, 1.165) is 0 Å². The molecule has 0 amide bonds. The van der Waals surface area contributed by atoms with Gasteiger partial charge in [-0.05, 0) is 25.1 Å². The van der Waals surface area contributed by atoms with Crippen LogP contribution < -0.4 is 15.6 Å². The van der Waals surface area contributed by atoms with Gasteiger partial charge in [0.25, 0.3) is 0 Å². The minimum Gasteiger partial charge on any atom is -0.491 e. The van der Waals surface area contributed by atoms with Crippen molar-refractivity contribution >= 4 is 15.7 Å². The lowest BCUT2D eigenvalue weighted by Crippen LogP contribution is -2.13. The fraction of sp³-hybridized carbons (Fsp3) is 0.400. The number of alkyl halides is 1. The number of hydrogen-bond acceptors (Lipinski definition) is 4. The predicted octanol–water partition coefficient (Wildman–Crippen LogP) is 1.04. The molecule has 1 unspecified atom stereocenters. The minimum absolute atomic E-state index is 0.0822. The molecule has 96 valence electrons. The zero-order chi connectivity index (χ0) is 13.1. The van der Waals surface area contributed by atoms with Crippen molar-refractivity contribution in [2.45, 2.75) is 24.4 Å². The molecule has 0 radical (unpaired) electrons. The highest BCUT2D eigenvalue weighted by atomic mass is 32.2. The Kier molecular flexibility index (Phi) is 4.30. The molecule has 1 atom stereocenters. The van der Waals surface area contributed by atoms with Gasteiger partial charge in [-0.15, -0.1) is 0 Å². The molecule has 0 saturated carbocycles. The summed E-state index contributed by atoms with van der Waals surface area (Å²) < 4.78 is 39.8. The van der Waals surface area contributed by atoms with Crippen LogP contribution in [0.25, 0.3) is 0 Å². The first kappa shape index (κ1) is 13.7. The molecule has 0 heterocycles. The first-order chi connectivity index (χ1) is 7.80. The summed E-state index contributed by atoms with van der Waals surface area (Å²) in [6.07, 6.45) is -0.712. The fourth-order valence-electron chi connectivity index (χ4n) is 1.17. The van der Waals surface area contributed by atoms with Crippen molar-refractivity contribution in [3.63, 3.8) is 0 Å². The molecule has 0 fully saturated rings. The average Bonchev–Trinajstić information content (AvgIpc) is 2.18. The van der Waals surface area contributed by atoms with Gasteiger partial charge in [-0.1, -0.05) is 0 Å². The van der Waals surface area contributed by atoms with Gasteiger partial charge in [-0.2, -0.15) is 0 Å². The third kappa shape index (κ3) is 4.20. The fourth-order valence-corrected chi connectivity index (χ4v) is 1.72. The maximum Gasteiger partial charge on any atom is 0.238 e. The third-order valence-corrected chi connectivity index (χ3v) is 2.99. The standard InChI is InChI=1S/C10H15FN2O3S/c1-7(11)4-5-16-10-3-2-8(6-9(10)12)17(13,14)15/h2-3,6-7H,4-5,12H2,1H3,(H2,13,14,15). The Hall–Kier alpha value is -1.34. The number of ether oxygens (including phenoxy) is 1. The summed E-state index contributed by atoms with van der Waals surface area (Å²) >= 11 is 0. The molecule has 17 heavy (non-hydrogen) atoms. The van der Waals surface area contributed by atoms with Crippen molar-refractivity contribution in [2.75, 3.05) is 12.3 Å². The van der Waals surface area contributed by atoms with E-state index in [0.29, 0.717) is 5.75 Å². The second-order valence-corrected chi connectivity index (χ2v) is 5.22. The van der Waals surface area contributed by atoms with Gasteiger partial charge in [0.1, 0.15) is 11.9 Å². The van der Waals surface area contributed by atoms with Gasteiger partial charge in [0.2, 0.25) is 10.0 Å². The summed E-state index contributed by atoms with van der Waals surface area (Å²) in [5.74, 6) is 0.318. The van der Waals surface area contributed by atoms with Crippen LogP contribution in [0.4, 0.5) is 10.1 Å². The largest absolute Gasteiger partial charge is 0.491 e. The van der Waals surface area contributed by atoms with Crippen molar-refractivity contribution in [3.05, 3.63) is 18.2 Å². The first-order valence-electron chi connectivity index (χ1n) is 5.00. The summed E-state index contributed by atoms with van der Waals surface area (Å²) in [4.78, 5) is -0.0822. The SMILES string of the molecule is CC(F)CCOc1ccc(S(N)(=O)=O)cc1N. The number of primary sulfonamides is 1. The Labute approximate surface area is 99.6 Å². The highest BCUT2D eigenvalue weighted by Gasteiger charge is 2.10. The second-order valence-electron chi connectivity index (χ2n) is 3.66. The van der Waals surface area contributed by atoms with Gasteiger partial charge in [0.15, 0.2) is 0 Å². The number of nitrogens with two attached hydrogens (primary N) is 2. The van der Waals surface area contributed by atoms with Gasteiger partial charge in [-0.25, -0.2) is 17.9 Å². The molecule has 0 spiro atoms. The summed E-state index contributed by atoms with van der Waals surface area (Å²) in [5, 5.41) is 4.94. The smallest absolute Gasteiger partial charge is 0.238 e. The average molecular weight is 262 g/mol. The molecule has 4 N–H and O–H groups in total. The van der Waals surface area contributed by atoms with Crippen molar-refractivity contribution < 1.29 is 17.5 Å². The van der Waals surface area contributed by atoms with E-state index >= 15 is 0 Å². The lowest BCUT2D eigenvalue weighted by Gasteiger charge is -2.10. The van der Waals surface area contributed by atoms with Crippen LogP contribution in [-0.2, 0) is 10.0 Å². The van der Waals surface area contributed by atoms with Crippen LogP contribution in [0.2, 0.25) is 0 Å². The van der Waals surface area contributed by atoms with Crippen LogP contribution in [0, 0.1) is 0 Å². The van der Waals surface area contributed by atoms with E-state index in [1.54, 1.807) is 0 Å². The van der Waals surface area contributed by atoms with E-state index in [2.05, 4.69) is 0 Å². The molecule has 0 aromatic heterocycles. The van der Waals surface area contributed by atoms with E-state index in [-0.39, 0.29) is 23.6 Å². The van der Waals surface area contributed by atoms with Crippen LogP contribution in [0.5, 0.6) is 5.75 Å². The number of sulfonamides is 1. The van der Waals surface area contributed by atoms with Crippen molar-refractivity contribution in [2.24, 2.45) is 5.14 Å². The van der Waals surface area contributed by atoms with E-state index < -0.39 is 16.2 Å². The van der Waals surface area contributed by atoms with E-state index in [4.69, 9.17) is 15.6 Å². The zero-order valence-electron chi connectivity index (χ0n) is 9.39. The van der Waals surface area contributed by atoms with Gasteiger partial charge in [0.05, 0.1) is 17.2 Å². The molecule has 0 saturated heterocycles. The number of halogens is 1. The number of hydrogen-bond donors (Lipinski definition) is 2. The topological polar surface area (TPSA) is 95.4 Å². The molecule has 0 aliphatic rings. The second kappa shape index (κ2) is 5.33. The minimum atomic E-state index is -3.77. The lowest BCUT2D eigenvalue weighted by atomic mass is 10.3. The predicted molar refractivity (Wildman–Crippen MR) is 62.9 cm³/mol. The van der Waals surface area contributed by atoms with Crippen molar-refractivity contribution in [3.8, 4) is 5.75 Å². The van der Waals surface area contributed by atoms with Crippen LogP contribution >= 0.6 is 0 Å². The summed E-state index contributed by atoms with van der Waals surface area (Å²) in [5.41, 5.74) is 5.75. The Morgan fingerprint density at radius 1 is 1.47 bits per heavy atom. The highest BCUT2D eigenvalue weighted by molar-refractivity contribution is 7.89. The quantitative estimate of drug-likeness (QED) is 0.775. The highest BCUT2D eigenvalue weighted by Crippen LogP contribution is 2.24. The molecule has 0 bridgehead atoms. The molecular weight excluding hydrogens is 247 g/mol. The normalized spacial score (nSPS) is 13.4. The molecule has 0 aliphatic carbocycles. The van der Waals surface area contributed by atoms with Gasteiger partial charge in [-0.3, -0.25) is 0 Å². The van der Waals surface area contributed by atoms with Crippen molar-refractivity contribution in [1.82, 2.24) is 0 Å². The van der Waals surface area contributed by atoms with E-state index in [1.165, 1.54) is 25.1 Å². The molecule has 0 aliphatic heterocycles. The number of rotatable bonds is 5. The third-order valence-electron chi connectivity index (χ3n) is 2.08. The van der Waals surface area contributed by atoms with Gasteiger partial charge < -0.3 is 10.5 Å². The van der Waals surface area contributed by atoms with E-state index in [9.17, 15) is 12.8 Å². The molecule has 1 rings (SSSR count). The molecule has 1 aromatic carbocycles. The summed E-state index contributed by atoms with van der Waals surface area (Å²) in [6, 6.07) is 3.90. The Morgan fingerprint density at radius 3 is 2.59 bits per heavy atom. The first-order valence-corrected chi connectivity index (χ1v) is 6.54. The van der Waals surface area contributed by atoms with Gasteiger partial charge in [0, 0.05) is 6.42 Å². The number of anilines is 1. The van der Waals surface area contributed by atoms with Crippen LogP contribution in [-0.4, -0.2) is 21.2 Å². The lowest BCUT2D eigenvalue weighted by molar-refractivity contribution is 0.247. The Balaban J connectivity index is 2.77. The summed E-state index contributed by atoms with van der Waals surface area (Å²) in [7, 11) is -3.77. The van der Waals surface area contributed by atoms with Gasteiger partial charge >= 0.3 is 0 Å². The van der Waals surface area contributed by atoms with Crippen LogP contribution in [0.3, 0.4) is 0 Å². The number of benzene rings is 1. The molecule has 7 heteroatoms. The molecule has 1 aromatic rings. The Bertz CT molecular complexity index is 488. The van der Waals surface area contributed by atoms with Crippen LogP contribution in [0.1, 0.15) is 13.3 Å². The van der Waals surface area contributed by atoms with Crippen LogP contribution in [0.15, 0.2) is 23.1 Å². The Morgan fingerprint density at radius 2 is 2.12 bits per heavy atom. The maximum absolute atomic E-state index is 12.5. The molecular formula is C10H15FN2O3S. The van der Waals surface area contributed by atoms with Crippen molar-refractivity contribution in [1.29, 1.82) is 0 Å². The molecule has 5 nitrogen and oxygen atoms in total. The monoisotopic (exact) mass is 262 g/mol. The summed E-state index contributed by atoms with van der Waals surface area (Å²) in [6.45, 7) is 1.60. The number of nitrogen functional groups attached to an aromatic ring is 1. The zero-order valence-corrected chi connectivity index (χ0v) is 10.2.